The number of carbonyl (C=O) groups excluding carboxylic acids is 1. The Morgan fingerprint density at radius 2 is 1.83 bits per heavy atom. The number of anilines is 1. The van der Waals surface area contributed by atoms with Crippen molar-refractivity contribution in [1.29, 1.82) is 0 Å². The Bertz CT molecular complexity index is 703. The van der Waals surface area contributed by atoms with E-state index in [9.17, 15) is 18.0 Å². The number of rotatable bonds is 7. The number of aliphatic carboxylic acids is 1. The molecule has 9 nitrogen and oxygen atoms in total. The Morgan fingerprint density at radius 1 is 1.26 bits per heavy atom. The molecule has 126 valence electrons. The van der Waals surface area contributed by atoms with Gasteiger partial charge in [-0.1, -0.05) is 0 Å². The summed E-state index contributed by atoms with van der Waals surface area (Å²) in [6, 6.07) is 4.33. The number of primary sulfonamides is 1. The Morgan fingerprint density at radius 3 is 2.26 bits per heavy atom. The molecule has 0 bridgehead atoms. The molecule has 0 heterocycles. The summed E-state index contributed by atoms with van der Waals surface area (Å²) in [5.41, 5.74) is 5.42. The average Bonchev–Trinajstić information content (AvgIpc) is 2.42. The van der Waals surface area contributed by atoms with E-state index in [0.717, 1.165) is 0 Å². The van der Waals surface area contributed by atoms with Crippen LogP contribution in [0.5, 0.6) is 0 Å². The van der Waals surface area contributed by atoms with Gasteiger partial charge in [-0.2, -0.15) is 0 Å². The first-order chi connectivity index (χ1) is 10.6. The zero-order chi connectivity index (χ0) is 17.6. The Labute approximate surface area is 138 Å². The number of primary amides is 1. The van der Waals surface area contributed by atoms with E-state index in [1.807, 2.05) is 0 Å². The molecule has 1 aromatic carbocycles. The molecule has 0 aliphatic carbocycles. The third-order valence-corrected chi connectivity index (χ3v) is 3.87. The van der Waals surface area contributed by atoms with E-state index in [-0.39, 0.29) is 22.8 Å². The number of hydrogen-bond donors (Lipinski definition) is 5. The van der Waals surface area contributed by atoms with Gasteiger partial charge < -0.3 is 21.5 Å². The molecule has 0 saturated carbocycles. The summed E-state index contributed by atoms with van der Waals surface area (Å²) < 4.78 is 22.3. The minimum Gasteiger partial charge on any atom is -0.480 e. The highest BCUT2D eigenvalue weighted by Gasteiger charge is 2.19. The fourth-order valence-electron chi connectivity index (χ4n) is 1.60. The molecule has 11 heteroatoms. The quantitative estimate of drug-likeness (QED) is 0.400. The lowest BCUT2D eigenvalue weighted by molar-refractivity contribution is -0.139. The van der Waals surface area contributed by atoms with Gasteiger partial charge >= 0.3 is 5.97 Å². The van der Waals surface area contributed by atoms with Crippen LogP contribution in [0.1, 0.15) is 12.8 Å². The van der Waals surface area contributed by atoms with Crippen LogP contribution in [-0.2, 0) is 19.6 Å². The van der Waals surface area contributed by atoms with Crippen LogP contribution in [0.25, 0.3) is 0 Å². The van der Waals surface area contributed by atoms with Crippen molar-refractivity contribution in [2.75, 3.05) is 5.32 Å². The van der Waals surface area contributed by atoms with Crippen molar-refractivity contribution in [2.45, 2.75) is 23.8 Å². The summed E-state index contributed by atoms with van der Waals surface area (Å²) in [5.74, 6) is -1.80. The lowest BCUT2D eigenvalue weighted by Crippen LogP contribution is -2.43. The first-order valence-electron chi connectivity index (χ1n) is 6.31. The number of nitrogens with two attached hydrogens (primary N) is 2. The molecule has 7 N–H and O–H groups in total. The second-order valence-corrected chi connectivity index (χ2v) is 6.53. The number of hydrogen-bond acceptors (Lipinski definition) is 5. The van der Waals surface area contributed by atoms with Crippen molar-refractivity contribution in [3.63, 3.8) is 0 Å². The van der Waals surface area contributed by atoms with Gasteiger partial charge in [0.2, 0.25) is 15.9 Å². The maximum Gasteiger partial charge on any atom is 0.326 e. The smallest absolute Gasteiger partial charge is 0.326 e. The van der Waals surface area contributed by atoms with E-state index in [1.54, 1.807) is 0 Å². The van der Waals surface area contributed by atoms with Crippen molar-refractivity contribution in [3.05, 3.63) is 24.3 Å². The minimum absolute atomic E-state index is 0.00484. The van der Waals surface area contributed by atoms with Crippen molar-refractivity contribution >= 4 is 44.9 Å². The highest BCUT2D eigenvalue weighted by molar-refractivity contribution is 7.89. The van der Waals surface area contributed by atoms with Crippen molar-refractivity contribution in [1.82, 2.24) is 5.32 Å². The number of carboxylic acid groups (broad SMARTS) is 1. The molecule has 0 aromatic heterocycles. The van der Waals surface area contributed by atoms with Gasteiger partial charge in [0.1, 0.15) is 6.04 Å². The van der Waals surface area contributed by atoms with Gasteiger partial charge in [-0.05, 0) is 42.9 Å². The van der Waals surface area contributed by atoms with E-state index in [0.29, 0.717) is 5.69 Å². The first-order valence-corrected chi connectivity index (χ1v) is 8.26. The summed E-state index contributed by atoms with van der Waals surface area (Å²) in [6.45, 7) is 0. The number of amides is 1. The molecule has 0 unspecified atom stereocenters. The van der Waals surface area contributed by atoms with Crippen molar-refractivity contribution in [2.24, 2.45) is 10.9 Å². The van der Waals surface area contributed by atoms with Crippen molar-refractivity contribution in [3.8, 4) is 0 Å². The topological polar surface area (TPSA) is 165 Å². The van der Waals surface area contributed by atoms with Gasteiger partial charge in [-0.3, -0.25) is 4.79 Å². The van der Waals surface area contributed by atoms with E-state index in [4.69, 9.17) is 28.2 Å². The van der Waals surface area contributed by atoms with Gasteiger partial charge in [-0.25, -0.2) is 18.4 Å². The van der Waals surface area contributed by atoms with Crippen LogP contribution in [0.15, 0.2) is 29.2 Å². The zero-order valence-electron chi connectivity index (χ0n) is 11.9. The molecule has 0 aliphatic heterocycles. The van der Waals surface area contributed by atoms with Crippen LogP contribution in [0.2, 0.25) is 0 Å². The second kappa shape index (κ2) is 7.85. The summed E-state index contributed by atoms with van der Waals surface area (Å²) in [6.07, 6.45) is -0.119. The van der Waals surface area contributed by atoms with Crippen molar-refractivity contribution < 1.29 is 23.1 Å². The molecule has 1 amide bonds. The van der Waals surface area contributed by atoms with Gasteiger partial charge in [0.15, 0.2) is 5.11 Å². The number of nitrogens with one attached hydrogen (secondary N) is 2. The standard InChI is InChI=1S/C12H16N4O5S2/c13-10(17)6-5-9(11(18)19)16-12(22)15-7-1-3-8(4-2-7)23(14,20)21/h1-4,9H,5-6H2,(H2,13,17)(H,18,19)(H2,14,20,21)(H2,15,16,22)/t9-/m0/s1. The molecular formula is C12H16N4O5S2. The van der Waals surface area contributed by atoms with Crippen LogP contribution < -0.4 is 21.5 Å². The summed E-state index contributed by atoms with van der Waals surface area (Å²) in [4.78, 5) is 21.7. The largest absolute Gasteiger partial charge is 0.480 e. The molecule has 0 fully saturated rings. The van der Waals surface area contributed by atoms with Crippen LogP contribution in [0.3, 0.4) is 0 Å². The Balaban J connectivity index is 2.67. The first kappa shape index (κ1) is 18.8. The van der Waals surface area contributed by atoms with Gasteiger partial charge in [0.05, 0.1) is 4.90 Å². The molecule has 0 radical (unpaired) electrons. The number of carboxylic acids is 1. The molecule has 1 rings (SSSR count). The number of carbonyl (C=O) groups is 2. The van der Waals surface area contributed by atoms with Crippen LogP contribution in [0, 0.1) is 0 Å². The molecule has 0 spiro atoms. The molecule has 1 aromatic rings. The Kier molecular flexibility index (Phi) is 6.42. The number of thiocarbonyl (C=S) groups is 1. The van der Waals surface area contributed by atoms with Gasteiger partial charge in [0.25, 0.3) is 0 Å². The van der Waals surface area contributed by atoms with Gasteiger partial charge in [-0.15, -0.1) is 0 Å². The lowest BCUT2D eigenvalue weighted by atomic mass is 10.1. The lowest BCUT2D eigenvalue weighted by Gasteiger charge is -2.16. The monoisotopic (exact) mass is 360 g/mol. The van der Waals surface area contributed by atoms with Gasteiger partial charge in [0, 0.05) is 12.1 Å². The summed E-state index contributed by atoms with van der Waals surface area (Å²) >= 11 is 4.97. The molecular weight excluding hydrogens is 344 g/mol. The van der Waals surface area contributed by atoms with E-state index < -0.39 is 27.9 Å². The molecule has 0 saturated heterocycles. The molecule has 23 heavy (non-hydrogen) atoms. The molecule has 1 atom stereocenters. The third-order valence-electron chi connectivity index (χ3n) is 2.72. The highest BCUT2D eigenvalue weighted by Crippen LogP contribution is 2.12. The predicted molar refractivity (Wildman–Crippen MR) is 87.0 cm³/mol. The number of benzene rings is 1. The third kappa shape index (κ3) is 6.59. The van der Waals surface area contributed by atoms with E-state index in [1.165, 1.54) is 24.3 Å². The predicted octanol–water partition coefficient (Wildman–Crippen LogP) is -0.661. The normalized spacial score (nSPS) is 12.2. The second-order valence-electron chi connectivity index (χ2n) is 4.56. The minimum atomic E-state index is -3.79. The summed E-state index contributed by atoms with van der Waals surface area (Å²) in [5, 5.41) is 19.3. The maximum absolute atomic E-state index is 11.1. The molecule has 0 aliphatic rings. The number of sulfonamides is 1. The fraction of sp³-hybridized carbons (Fsp3) is 0.250. The maximum atomic E-state index is 11.1. The van der Waals surface area contributed by atoms with Crippen LogP contribution in [-0.4, -0.2) is 36.6 Å². The van der Waals surface area contributed by atoms with Crippen LogP contribution >= 0.6 is 12.2 Å². The Hall–Kier alpha value is -2.24. The van der Waals surface area contributed by atoms with E-state index in [2.05, 4.69) is 10.6 Å². The van der Waals surface area contributed by atoms with E-state index >= 15 is 0 Å². The zero-order valence-corrected chi connectivity index (χ0v) is 13.5. The highest BCUT2D eigenvalue weighted by atomic mass is 32.2. The SMILES string of the molecule is NC(=O)CC[C@H](NC(=S)Nc1ccc(S(N)(=O)=O)cc1)C(=O)O. The average molecular weight is 360 g/mol. The fourth-order valence-corrected chi connectivity index (χ4v) is 2.37. The summed E-state index contributed by atoms with van der Waals surface area (Å²) in [7, 11) is -3.79. The van der Waals surface area contributed by atoms with Crippen LogP contribution in [0.4, 0.5) is 5.69 Å².